The van der Waals surface area contributed by atoms with Crippen molar-refractivity contribution in [1.82, 2.24) is 14.7 Å². The van der Waals surface area contributed by atoms with Gasteiger partial charge in [0.1, 0.15) is 11.4 Å². The topological polar surface area (TPSA) is 55.0 Å². The van der Waals surface area contributed by atoms with E-state index in [1.807, 2.05) is 29.2 Å². The van der Waals surface area contributed by atoms with Gasteiger partial charge in [-0.1, -0.05) is 18.7 Å². The summed E-state index contributed by atoms with van der Waals surface area (Å²) in [6.45, 7) is 10.5. The summed E-state index contributed by atoms with van der Waals surface area (Å²) in [6, 6.07) is 15.9. The number of benzene rings is 2. The average Bonchev–Trinajstić information content (AvgIpc) is 3.32. The molecule has 7 heteroatoms. The normalized spacial score (nSPS) is 19.1. The van der Waals surface area contributed by atoms with Crippen LogP contribution in [0.2, 0.25) is 0 Å². The number of hydrogen-bond donors (Lipinski definition) is 0. The quantitative estimate of drug-likeness (QED) is 0.525. The van der Waals surface area contributed by atoms with Crippen molar-refractivity contribution >= 4 is 17.4 Å². The van der Waals surface area contributed by atoms with E-state index in [9.17, 15) is 4.79 Å². The van der Waals surface area contributed by atoms with Gasteiger partial charge in [-0.2, -0.15) is 4.68 Å². The molecule has 0 bridgehead atoms. The molecule has 3 aromatic rings. The predicted molar refractivity (Wildman–Crippen MR) is 130 cm³/mol. The monoisotopic (exact) mass is 453 g/mol. The maximum Gasteiger partial charge on any atom is 0.300 e. The first kappa shape index (κ1) is 20.9. The van der Waals surface area contributed by atoms with Crippen LogP contribution in [0, 0.1) is 6.57 Å². The molecule has 2 fully saturated rings. The zero-order valence-corrected chi connectivity index (χ0v) is 19.3. The van der Waals surface area contributed by atoms with Crippen LogP contribution in [0.5, 0.6) is 5.75 Å². The molecule has 0 spiro atoms. The van der Waals surface area contributed by atoms with E-state index in [1.54, 1.807) is 11.8 Å². The number of carbonyl (C=O) groups is 1. The number of carbonyl (C=O) groups excluding carboxylic acids is 1. The summed E-state index contributed by atoms with van der Waals surface area (Å²) in [4.78, 5) is 21.7. The molecule has 0 N–H and O–H groups in total. The van der Waals surface area contributed by atoms with E-state index in [0.29, 0.717) is 24.5 Å². The van der Waals surface area contributed by atoms with E-state index in [-0.39, 0.29) is 11.4 Å². The van der Waals surface area contributed by atoms with Gasteiger partial charge in [-0.05, 0) is 92.3 Å². The van der Waals surface area contributed by atoms with Crippen LogP contribution in [-0.4, -0.2) is 47.3 Å². The molecule has 2 aliphatic heterocycles. The molecule has 3 heterocycles. The van der Waals surface area contributed by atoms with Gasteiger partial charge in [-0.3, -0.25) is 9.69 Å². The Kier molecular flexibility index (Phi) is 4.93. The van der Waals surface area contributed by atoms with Crippen LogP contribution >= 0.6 is 0 Å². The lowest BCUT2D eigenvalue weighted by Gasteiger charge is -2.30. The number of rotatable bonds is 5. The Morgan fingerprint density at radius 2 is 1.65 bits per heavy atom. The van der Waals surface area contributed by atoms with Crippen molar-refractivity contribution in [3.63, 3.8) is 0 Å². The number of anilines is 1. The molecule has 1 aromatic heterocycles. The predicted octanol–water partition coefficient (Wildman–Crippen LogP) is 4.72. The first-order valence-electron chi connectivity index (χ1n) is 12.0. The number of fused-ring (bicyclic) bond motifs is 1. The van der Waals surface area contributed by atoms with Crippen molar-refractivity contribution in [2.75, 3.05) is 31.6 Å². The number of hydrogen-bond acceptors (Lipinski definition) is 4. The highest BCUT2D eigenvalue weighted by atomic mass is 16.5. The van der Waals surface area contributed by atoms with Gasteiger partial charge in [0.05, 0.1) is 12.8 Å². The van der Waals surface area contributed by atoms with Gasteiger partial charge in [0.2, 0.25) is 0 Å². The maximum absolute atomic E-state index is 13.7. The molecule has 0 atom stereocenters. The summed E-state index contributed by atoms with van der Waals surface area (Å²) in [7, 11) is 1.62. The number of nitrogens with zero attached hydrogens (tertiary/aromatic N) is 5. The summed E-state index contributed by atoms with van der Waals surface area (Å²) in [5.74, 6) is 0.911. The zero-order valence-electron chi connectivity index (χ0n) is 19.3. The van der Waals surface area contributed by atoms with E-state index in [0.717, 1.165) is 22.7 Å². The molecule has 0 unspecified atom stereocenters. The van der Waals surface area contributed by atoms with Gasteiger partial charge in [-0.25, -0.2) is 0 Å². The minimum Gasteiger partial charge on any atom is -0.497 e. The second kappa shape index (κ2) is 8.00. The Morgan fingerprint density at radius 3 is 2.26 bits per heavy atom. The van der Waals surface area contributed by atoms with E-state index < -0.39 is 0 Å². The van der Waals surface area contributed by atoms with E-state index in [2.05, 4.69) is 39.1 Å². The number of ether oxygens (including phenoxy) is 1. The first-order valence-corrected chi connectivity index (χ1v) is 12.0. The van der Waals surface area contributed by atoms with Crippen molar-refractivity contribution < 1.29 is 9.53 Å². The zero-order chi connectivity index (χ0) is 23.3. The van der Waals surface area contributed by atoms with Gasteiger partial charge < -0.3 is 14.5 Å². The Morgan fingerprint density at radius 1 is 0.971 bits per heavy atom. The Labute approximate surface area is 199 Å². The summed E-state index contributed by atoms with van der Waals surface area (Å²) in [5, 5.41) is 4.48. The van der Waals surface area contributed by atoms with Gasteiger partial charge in [0.15, 0.2) is 0 Å². The first-order chi connectivity index (χ1) is 16.6. The average molecular weight is 454 g/mol. The number of aromatic nitrogens is 2. The SMILES string of the molecule is [C-]#[N+]c1nn(-c2ccc(OC)cc2)c2c1CCN(c1ccc(C3(N4CCCC4)CC3)cc1)C2=O. The van der Waals surface area contributed by atoms with Crippen LogP contribution in [0.25, 0.3) is 10.5 Å². The summed E-state index contributed by atoms with van der Waals surface area (Å²) in [5.41, 5.74) is 4.41. The summed E-state index contributed by atoms with van der Waals surface area (Å²) in [6.07, 6.45) is 5.63. The lowest BCUT2D eigenvalue weighted by molar-refractivity contribution is 0.0973. The Hall–Kier alpha value is -3.63. The molecular weight excluding hydrogens is 426 g/mol. The molecule has 1 aliphatic carbocycles. The molecule has 1 amide bonds. The van der Waals surface area contributed by atoms with Crippen molar-refractivity contribution in [1.29, 1.82) is 0 Å². The highest BCUT2D eigenvalue weighted by Crippen LogP contribution is 2.52. The van der Waals surface area contributed by atoms with Crippen LogP contribution in [0.3, 0.4) is 0 Å². The van der Waals surface area contributed by atoms with Crippen LogP contribution in [0.4, 0.5) is 11.5 Å². The minimum absolute atomic E-state index is 0.118. The number of amides is 1. The highest BCUT2D eigenvalue weighted by molar-refractivity contribution is 6.08. The second-order valence-corrected chi connectivity index (χ2v) is 9.35. The molecule has 34 heavy (non-hydrogen) atoms. The van der Waals surface area contributed by atoms with Crippen molar-refractivity contribution in [2.45, 2.75) is 37.6 Å². The third kappa shape index (κ3) is 3.21. The fourth-order valence-electron chi connectivity index (χ4n) is 5.59. The van der Waals surface area contributed by atoms with Crippen LogP contribution < -0.4 is 9.64 Å². The molecule has 172 valence electrons. The second-order valence-electron chi connectivity index (χ2n) is 9.35. The van der Waals surface area contributed by atoms with E-state index >= 15 is 0 Å². The highest BCUT2D eigenvalue weighted by Gasteiger charge is 2.49. The van der Waals surface area contributed by atoms with Crippen molar-refractivity contribution in [3.8, 4) is 11.4 Å². The molecule has 0 radical (unpaired) electrons. The third-order valence-corrected chi connectivity index (χ3v) is 7.57. The standard InChI is InChI=1S/C27H27N5O2/c1-28-25-23-13-18-31(26(33)24(23)32(29-25)21-9-11-22(34-2)12-10-21)20-7-5-19(6-8-20)27(14-15-27)30-16-3-4-17-30/h5-12H,3-4,13-18H2,2H3. The van der Waals surface area contributed by atoms with Crippen molar-refractivity contribution in [2.24, 2.45) is 0 Å². The third-order valence-electron chi connectivity index (χ3n) is 7.57. The largest absolute Gasteiger partial charge is 0.497 e. The minimum atomic E-state index is -0.118. The van der Waals surface area contributed by atoms with Gasteiger partial charge in [-0.15, -0.1) is 0 Å². The molecule has 7 nitrogen and oxygen atoms in total. The van der Waals surface area contributed by atoms with Gasteiger partial charge >= 0.3 is 0 Å². The smallest absolute Gasteiger partial charge is 0.300 e. The van der Waals surface area contributed by atoms with Crippen molar-refractivity contribution in [3.05, 3.63) is 76.8 Å². The lowest BCUT2D eigenvalue weighted by atomic mass is 10.0. The van der Waals surface area contributed by atoms with Crippen LogP contribution in [0.1, 0.15) is 47.3 Å². The number of methoxy groups -OCH3 is 1. The fraction of sp³-hybridized carbons (Fsp3) is 0.370. The maximum atomic E-state index is 13.7. The summed E-state index contributed by atoms with van der Waals surface area (Å²) < 4.78 is 6.86. The number of likely N-dealkylation sites (tertiary alicyclic amines) is 1. The van der Waals surface area contributed by atoms with Gasteiger partial charge in [0, 0.05) is 23.3 Å². The molecule has 1 saturated heterocycles. The van der Waals surface area contributed by atoms with Crippen LogP contribution in [-0.2, 0) is 12.0 Å². The lowest BCUT2D eigenvalue weighted by Crippen LogP contribution is -2.38. The molecule has 3 aliphatic rings. The van der Waals surface area contributed by atoms with E-state index in [4.69, 9.17) is 11.3 Å². The Bertz CT molecular complexity index is 1280. The molecule has 1 saturated carbocycles. The Balaban J connectivity index is 1.32. The van der Waals surface area contributed by atoms with E-state index in [1.165, 1.54) is 44.3 Å². The summed E-state index contributed by atoms with van der Waals surface area (Å²) >= 11 is 0. The molecular formula is C27H27N5O2. The molecule has 2 aromatic carbocycles. The van der Waals surface area contributed by atoms with Crippen LogP contribution in [0.15, 0.2) is 48.5 Å². The molecule has 6 rings (SSSR count). The van der Waals surface area contributed by atoms with Gasteiger partial charge in [0.25, 0.3) is 11.7 Å². The fourth-order valence-corrected chi connectivity index (χ4v) is 5.59.